The Hall–Kier alpha value is -0.220. The molecule has 0 radical (unpaired) electrons. The van der Waals surface area contributed by atoms with Crippen LogP contribution in [0.5, 0.6) is 0 Å². The maximum absolute atomic E-state index is 11.5. The number of carbonyl (C=O) groups is 1. The zero-order valence-corrected chi connectivity index (χ0v) is 10.3. The van der Waals surface area contributed by atoms with E-state index in [9.17, 15) is 4.79 Å². The fourth-order valence-corrected chi connectivity index (χ4v) is 1.55. The predicted molar refractivity (Wildman–Crippen MR) is 62.1 cm³/mol. The number of ether oxygens (including phenoxy) is 2. The van der Waals surface area contributed by atoms with E-state index < -0.39 is 0 Å². The molecule has 1 rings (SSSR count). The highest BCUT2D eigenvalue weighted by molar-refractivity contribution is 7.81. The van der Waals surface area contributed by atoms with Gasteiger partial charge in [-0.1, -0.05) is 13.8 Å². The van der Waals surface area contributed by atoms with Gasteiger partial charge in [0.25, 0.3) is 0 Å². The summed E-state index contributed by atoms with van der Waals surface area (Å²) in [4.78, 5) is 11.5. The first-order valence-corrected chi connectivity index (χ1v) is 6.05. The molecule has 4 heteroatoms. The highest BCUT2D eigenvalue weighted by Crippen LogP contribution is 2.16. The minimum absolute atomic E-state index is 0.195. The van der Waals surface area contributed by atoms with Crippen LogP contribution in [0.25, 0.3) is 0 Å². The van der Waals surface area contributed by atoms with Gasteiger partial charge in [-0.25, -0.2) is 0 Å². The van der Waals surface area contributed by atoms with Gasteiger partial charge in [-0.2, -0.15) is 12.6 Å². The Morgan fingerprint density at radius 1 is 1.47 bits per heavy atom. The number of carbonyl (C=O) groups excluding carboxylic acids is 1. The van der Waals surface area contributed by atoms with Gasteiger partial charge in [-0.15, -0.1) is 0 Å². The molecule has 1 fully saturated rings. The molecule has 0 aliphatic carbocycles. The summed E-state index contributed by atoms with van der Waals surface area (Å²) in [5.41, 5.74) is 0. The first-order chi connectivity index (χ1) is 7.11. The molecule has 3 nitrogen and oxygen atoms in total. The molecule has 0 aromatic rings. The number of thiol groups is 1. The molecule has 0 bridgehead atoms. The Kier molecular flexibility index (Phi) is 5.47. The molecule has 1 unspecified atom stereocenters. The van der Waals surface area contributed by atoms with Gasteiger partial charge < -0.3 is 9.47 Å². The van der Waals surface area contributed by atoms with Crippen LogP contribution in [0.1, 0.15) is 26.7 Å². The second-order valence-electron chi connectivity index (χ2n) is 4.37. The van der Waals surface area contributed by atoms with Crippen LogP contribution < -0.4 is 0 Å². The normalized spacial score (nSPS) is 20.3. The first kappa shape index (κ1) is 12.8. The van der Waals surface area contributed by atoms with E-state index in [0.29, 0.717) is 12.5 Å². The van der Waals surface area contributed by atoms with E-state index in [-0.39, 0.29) is 17.1 Å². The summed E-state index contributed by atoms with van der Waals surface area (Å²) < 4.78 is 10.5. The Labute approximate surface area is 96.9 Å². The minimum Gasteiger partial charge on any atom is -0.465 e. The highest BCUT2D eigenvalue weighted by atomic mass is 32.1. The second kappa shape index (κ2) is 6.38. The van der Waals surface area contributed by atoms with Crippen molar-refractivity contribution in [3.05, 3.63) is 0 Å². The van der Waals surface area contributed by atoms with Crippen molar-refractivity contribution in [1.82, 2.24) is 0 Å². The Bertz CT molecular complexity index is 200. The summed E-state index contributed by atoms with van der Waals surface area (Å²) in [5, 5.41) is -0.301. The summed E-state index contributed by atoms with van der Waals surface area (Å²) in [5.74, 6) is 0.491. The molecule has 0 aromatic heterocycles. The van der Waals surface area contributed by atoms with Crippen LogP contribution in [-0.4, -0.2) is 31.0 Å². The second-order valence-corrected chi connectivity index (χ2v) is 4.93. The third-order valence-corrected chi connectivity index (χ3v) is 3.48. The largest absolute Gasteiger partial charge is 0.465 e. The number of hydrogen-bond donors (Lipinski definition) is 1. The monoisotopic (exact) mass is 232 g/mol. The minimum atomic E-state index is -0.301. The molecule has 1 atom stereocenters. The van der Waals surface area contributed by atoms with Gasteiger partial charge in [-0.05, 0) is 24.7 Å². The predicted octanol–water partition coefficient (Wildman–Crippen LogP) is 1.91. The summed E-state index contributed by atoms with van der Waals surface area (Å²) >= 11 is 4.22. The van der Waals surface area contributed by atoms with Crippen LogP contribution in [0.15, 0.2) is 0 Å². The lowest BCUT2D eigenvalue weighted by molar-refractivity contribution is -0.146. The van der Waals surface area contributed by atoms with E-state index in [1.54, 1.807) is 0 Å². The quantitative estimate of drug-likeness (QED) is 0.594. The third kappa shape index (κ3) is 4.43. The van der Waals surface area contributed by atoms with Crippen molar-refractivity contribution in [2.24, 2.45) is 11.8 Å². The van der Waals surface area contributed by atoms with E-state index >= 15 is 0 Å². The lowest BCUT2D eigenvalue weighted by Crippen LogP contribution is -2.27. The van der Waals surface area contributed by atoms with E-state index in [1.807, 2.05) is 13.8 Å². The molecule has 0 aromatic carbocycles. The van der Waals surface area contributed by atoms with Gasteiger partial charge in [-0.3, -0.25) is 4.79 Å². The smallest absolute Gasteiger partial charge is 0.319 e. The van der Waals surface area contributed by atoms with Crippen molar-refractivity contribution in [3.8, 4) is 0 Å². The summed E-state index contributed by atoms with van der Waals surface area (Å²) in [7, 11) is 0. The van der Waals surface area contributed by atoms with Gasteiger partial charge in [0.05, 0.1) is 6.61 Å². The highest BCUT2D eigenvalue weighted by Gasteiger charge is 2.21. The molecule has 15 heavy (non-hydrogen) atoms. The van der Waals surface area contributed by atoms with Crippen molar-refractivity contribution in [1.29, 1.82) is 0 Å². The van der Waals surface area contributed by atoms with Gasteiger partial charge in [0.2, 0.25) is 0 Å². The van der Waals surface area contributed by atoms with E-state index in [2.05, 4.69) is 12.6 Å². The van der Waals surface area contributed by atoms with Crippen molar-refractivity contribution in [2.45, 2.75) is 31.9 Å². The zero-order valence-electron chi connectivity index (χ0n) is 9.44. The molecule has 0 amide bonds. The Balaban J connectivity index is 2.20. The van der Waals surface area contributed by atoms with Gasteiger partial charge in [0.1, 0.15) is 5.25 Å². The van der Waals surface area contributed by atoms with Gasteiger partial charge in [0, 0.05) is 13.2 Å². The molecule has 88 valence electrons. The number of rotatable bonds is 4. The maximum Gasteiger partial charge on any atom is 0.319 e. The van der Waals surface area contributed by atoms with Crippen LogP contribution in [0, 0.1) is 11.8 Å². The SMILES string of the molecule is CC(C)C(S)C(=O)OCC1CCOCC1. The fraction of sp³-hybridized carbons (Fsp3) is 0.909. The average molecular weight is 232 g/mol. The Morgan fingerprint density at radius 2 is 2.07 bits per heavy atom. The van der Waals surface area contributed by atoms with Crippen molar-refractivity contribution in [3.63, 3.8) is 0 Å². The number of esters is 1. The summed E-state index contributed by atoms with van der Waals surface area (Å²) in [6.45, 7) is 6.03. The van der Waals surface area contributed by atoms with Crippen LogP contribution in [-0.2, 0) is 14.3 Å². The van der Waals surface area contributed by atoms with Gasteiger partial charge in [0.15, 0.2) is 0 Å². The molecule has 0 spiro atoms. The van der Waals surface area contributed by atoms with Crippen LogP contribution >= 0.6 is 12.6 Å². The fourth-order valence-electron chi connectivity index (χ4n) is 1.47. The van der Waals surface area contributed by atoms with E-state index in [1.165, 1.54) is 0 Å². The van der Waals surface area contributed by atoms with Crippen LogP contribution in [0.3, 0.4) is 0 Å². The van der Waals surface area contributed by atoms with Crippen molar-refractivity contribution in [2.75, 3.05) is 19.8 Å². The standard InChI is InChI=1S/C11H20O3S/c1-8(2)10(15)11(12)14-7-9-3-5-13-6-4-9/h8-10,15H,3-7H2,1-2H3. The Morgan fingerprint density at radius 3 is 2.60 bits per heavy atom. The summed E-state index contributed by atoms with van der Waals surface area (Å²) in [6.07, 6.45) is 1.98. The molecule has 0 saturated carbocycles. The molecule has 1 aliphatic rings. The third-order valence-electron chi connectivity index (χ3n) is 2.68. The summed E-state index contributed by atoms with van der Waals surface area (Å²) in [6, 6.07) is 0. The van der Waals surface area contributed by atoms with E-state index in [4.69, 9.17) is 9.47 Å². The lowest BCUT2D eigenvalue weighted by Gasteiger charge is -2.22. The van der Waals surface area contributed by atoms with Crippen molar-refractivity contribution < 1.29 is 14.3 Å². The maximum atomic E-state index is 11.5. The molecule has 1 heterocycles. The topological polar surface area (TPSA) is 35.5 Å². The molecular formula is C11H20O3S. The lowest BCUT2D eigenvalue weighted by atomic mass is 10.0. The number of hydrogen-bond acceptors (Lipinski definition) is 4. The zero-order chi connectivity index (χ0) is 11.3. The average Bonchev–Trinajstić information content (AvgIpc) is 2.26. The molecular weight excluding hydrogens is 212 g/mol. The first-order valence-electron chi connectivity index (χ1n) is 5.53. The van der Waals surface area contributed by atoms with Crippen LogP contribution in [0.4, 0.5) is 0 Å². The molecule has 0 N–H and O–H groups in total. The van der Waals surface area contributed by atoms with Gasteiger partial charge >= 0.3 is 5.97 Å². The van der Waals surface area contributed by atoms with Crippen LogP contribution in [0.2, 0.25) is 0 Å². The molecule has 1 aliphatic heterocycles. The van der Waals surface area contributed by atoms with E-state index in [0.717, 1.165) is 26.1 Å². The molecule has 1 saturated heterocycles. The van der Waals surface area contributed by atoms with Crippen molar-refractivity contribution >= 4 is 18.6 Å².